The second-order valence-electron chi connectivity index (χ2n) is 3.30. The first kappa shape index (κ1) is 8.96. The normalized spacial score (nSPS) is 14.9. The highest BCUT2D eigenvalue weighted by Crippen LogP contribution is 2.14. The number of pyridine rings is 1. The van der Waals surface area contributed by atoms with Crippen LogP contribution in [0.2, 0.25) is 0 Å². The van der Waals surface area contributed by atoms with E-state index in [0.717, 1.165) is 24.1 Å². The molecule has 0 bridgehead atoms. The number of hydrogen-bond acceptors (Lipinski definition) is 3. The van der Waals surface area contributed by atoms with Crippen molar-refractivity contribution in [3.8, 4) is 0 Å². The Morgan fingerprint density at radius 2 is 2.29 bits per heavy atom. The number of carbonyl (C=O) groups excluding carboxylic acids is 1. The van der Waals surface area contributed by atoms with E-state index in [1.807, 2.05) is 0 Å². The van der Waals surface area contributed by atoms with Crippen molar-refractivity contribution in [2.45, 2.75) is 13.0 Å². The lowest BCUT2D eigenvalue weighted by molar-refractivity contribution is 0.0994. The van der Waals surface area contributed by atoms with Crippen molar-refractivity contribution in [3.05, 3.63) is 33.2 Å². The summed E-state index contributed by atoms with van der Waals surface area (Å²) in [5, 5.41) is 3.13. The first-order valence-electron chi connectivity index (χ1n) is 4.44. The fraction of sp³-hybridized carbons (Fsp3) is 0.333. The largest absolute Gasteiger partial charge is 0.364 e. The molecule has 2 heterocycles. The van der Waals surface area contributed by atoms with Crippen molar-refractivity contribution < 1.29 is 4.79 Å². The number of H-pyrrole nitrogens is 1. The number of aromatic amines is 1. The zero-order valence-corrected chi connectivity index (χ0v) is 7.59. The van der Waals surface area contributed by atoms with E-state index in [0.29, 0.717) is 6.54 Å². The highest BCUT2D eigenvalue weighted by Gasteiger charge is 2.16. The number of aromatic nitrogens is 1. The maximum Gasteiger partial charge on any atom is 0.265 e. The van der Waals surface area contributed by atoms with Crippen LogP contribution < -0.4 is 16.6 Å². The zero-order valence-electron chi connectivity index (χ0n) is 7.59. The zero-order chi connectivity index (χ0) is 10.1. The molecule has 14 heavy (non-hydrogen) atoms. The minimum absolute atomic E-state index is 0.258. The van der Waals surface area contributed by atoms with Gasteiger partial charge in [0, 0.05) is 12.6 Å². The van der Waals surface area contributed by atoms with Crippen molar-refractivity contribution in [3.63, 3.8) is 0 Å². The minimum Gasteiger partial charge on any atom is -0.364 e. The van der Waals surface area contributed by atoms with Crippen molar-refractivity contribution in [1.29, 1.82) is 0 Å². The Morgan fingerprint density at radius 3 is 3.00 bits per heavy atom. The Hall–Kier alpha value is -1.62. The molecule has 5 heteroatoms. The third kappa shape index (κ3) is 1.42. The fourth-order valence-electron chi connectivity index (χ4n) is 1.73. The molecule has 74 valence electrons. The van der Waals surface area contributed by atoms with Crippen LogP contribution in [0.15, 0.2) is 10.9 Å². The van der Waals surface area contributed by atoms with E-state index in [1.54, 1.807) is 0 Å². The summed E-state index contributed by atoms with van der Waals surface area (Å²) >= 11 is 0. The minimum atomic E-state index is -0.569. The van der Waals surface area contributed by atoms with Crippen LogP contribution >= 0.6 is 0 Å². The third-order valence-electron chi connectivity index (χ3n) is 2.36. The summed E-state index contributed by atoms with van der Waals surface area (Å²) in [7, 11) is 0. The molecule has 1 amide bonds. The van der Waals surface area contributed by atoms with E-state index in [-0.39, 0.29) is 11.3 Å². The molecule has 0 atom stereocenters. The number of amides is 1. The summed E-state index contributed by atoms with van der Waals surface area (Å²) in [5.74, 6) is -0.569. The lowest BCUT2D eigenvalue weighted by atomic mass is 10.00. The van der Waals surface area contributed by atoms with E-state index in [9.17, 15) is 9.59 Å². The van der Waals surface area contributed by atoms with Crippen LogP contribution in [0.3, 0.4) is 0 Å². The van der Waals surface area contributed by atoms with Crippen LogP contribution in [-0.4, -0.2) is 17.4 Å². The van der Waals surface area contributed by atoms with Gasteiger partial charge in [-0.3, -0.25) is 9.59 Å². The maximum atomic E-state index is 11.2. The molecule has 1 aromatic rings. The average Bonchev–Trinajstić information content (AvgIpc) is 2.16. The average molecular weight is 193 g/mol. The Kier molecular flexibility index (Phi) is 2.09. The molecule has 0 saturated heterocycles. The standard InChI is InChI=1S/C9H11N3O2/c10-9(14)8-6-1-2-11-4-5(6)3-7(13)12-8/h3,11H,1-2,4H2,(H2,10,14)(H,12,13). The van der Waals surface area contributed by atoms with Gasteiger partial charge >= 0.3 is 0 Å². The fourth-order valence-corrected chi connectivity index (χ4v) is 1.73. The van der Waals surface area contributed by atoms with Crippen LogP contribution in [0.25, 0.3) is 0 Å². The lowest BCUT2D eigenvalue weighted by Crippen LogP contribution is -2.30. The first-order chi connectivity index (χ1) is 6.68. The van der Waals surface area contributed by atoms with Gasteiger partial charge in [0.05, 0.1) is 0 Å². The second-order valence-corrected chi connectivity index (χ2v) is 3.30. The highest BCUT2D eigenvalue weighted by atomic mass is 16.1. The molecule has 0 aromatic carbocycles. The quantitative estimate of drug-likeness (QED) is 0.541. The monoisotopic (exact) mass is 193 g/mol. The summed E-state index contributed by atoms with van der Waals surface area (Å²) in [6.07, 6.45) is 0.727. The molecule has 0 fully saturated rings. The third-order valence-corrected chi connectivity index (χ3v) is 2.36. The molecule has 1 aliphatic heterocycles. The Balaban J connectivity index is 2.64. The number of carbonyl (C=O) groups is 1. The summed E-state index contributed by atoms with van der Waals surface area (Å²) in [5.41, 5.74) is 6.90. The SMILES string of the molecule is NC(=O)c1[nH]c(=O)cc2c1CCNC2. The van der Waals surface area contributed by atoms with E-state index < -0.39 is 5.91 Å². The molecule has 0 saturated carbocycles. The van der Waals surface area contributed by atoms with E-state index >= 15 is 0 Å². The van der Waals surface area contributed by atoms with Gasteiger partial charge in [-0.15, -0.1) is 0 Å². The van der Waals surface area contributed by atoms with Gasteiger partial charge in [-0.05, 0) is 24.1 Å². The maximum absolute atomic E-state index is 11.2. The summed E-state index contributed by atoms with van der Waals surface area (Å²) in [6.45, 7) is 1.43. The van der Waals surface area contributed by atoms with Gasteiger partial charge in [-0.2, -0.15) is 0 Å². The van der Waals surface area contributed by atoms with Crippen LogP contribution in [0.1, 0.15) is 21.6 Å². The first-order valence-corrected chi connectivity index (χ1v) is 4.44. The predicted octanol–water partition coefficient (Wildman–Crippen LogP) is -0.881. The van der Waals surface area contributed by atoms with Gasteiger partial charge in [0.25, 0.3) is 5.91 Å². The Labute approximate surface area is 80.3 Å². The molecule has 0 radical (unpaired) electrons. The van der Waals surface area contributed by atoms with E-state index in [4.69, 9.17) is 5.73 Å². The summed E-state index contributed by atoms with van der Waals surface area (Å²) < 4.78 is 0. The van der Waals surface area contributed by atoms with E-state index in [2.05, 4.69) is 10.3 Å². The van der Waals surface area contributed by atoms with Crippen LogP contribution in [-0.2, 0) is 13.0 Å². The van der Waals surface area contributed by atoms with Gasteiger partial charge in [0.1, 0.15) is 5.69 Å². The number of rotatable bonds is 1. The molecule has 5 nitrogen and oxygen atoms in total. The van der Waals surface area contributed by atoms with Crippen LogP contribution in [0.4, 0.5) is 0 Å². The van der Waals surface area contributed by atoms with E-state index in [1.165, 1.54) is 6.07 Å². The molecule has 2 rings (SSSR count). The molecule has 0 spiro atoms. The molecular formula is C9H11N3O2. The van der Waals surface area contributed by atoms with Crippen LogP contribution in [0.5, 0.6) is 0 Å². The van der Waals surface area contributed by atoms with Crippen molar-refractivity contribution in [1.82, 2.24) is 10.3 Å². The Morgan fingerprint density at radius 1 is 1.50 bits per heavy atom. The molecule has 0 aliphatic carbocycles. The molecule has 1 aromatic heterocycles. The Bertz CT molecular complexity index is 436. The van der Waals surface area contributed by atoms with Gasteiger partial charge in [-0.1, -0.05) is 0 Å². The predicted molar refractivity (Wildman–Crippen MR) is 51.0 cm³/mol. The molecular weight excluding hydrogens is 182 g/mol. The van der Waals surface area contributed by atoms with Crippen molar-refractivity contribution >= 4 is 5.91 Å². The molecule has 4 N–H and O–H groups in total. The topological polar surface area (TPSA) is 88.0 Å². The second kappa shape index (κ2) is 3.26. The molecule has 0 unspecified atom stereocenters. The summed E-state index contributed by atoms with van der Waals surface area (Å²) in [6, 6.07) is 1.51. The summed E-state index contributed by atoms with van der Waals surface area (Å²) in [4.78, 5) is 24.7. The lowest BCUT2D eigenvalue weighted by Gasteiger charge is -2.18. The number of primary amides is 1. The highest BCUT2D eigenvalue weighted by molar-refractivity contribution is 5.92. The van der Waals surface area contributed by atoms with Gasteiger partial charge in [-0.25, -0.2) is 0 Å². The van der Waals surface area contributed by atoms with Gasteiger partial charge < -0.3 is 16.0 Å². The number of nitrogens with two attached hydrogens (primary N) is 1. The van der Waals surface area contributed by atoms with Gasteiger partial charge in [0.2, 0.25) is 5.56 Å². The van der Waals surface area contributed by atoms with Crippen LogP contribution in [0, 0.1) is 0 Å². The van der Waals surface area contributed by atoms with Crippen molar-refractivity contribution in [2.24, 2.45) is 5.73 Å². The number of fused-ring (bicyclic) bond motifs is 1. The number of hydrogen-bond donors (Lipinski definition) is 3. The van der Waals surface area contributed by atoms with Crippen molar-refractivity contribution in [2.75, 3.05) is 6.54 Å². The number of nitrogens with one attached hydrogen (secondary N) is 2. The smallest absolute Gasteiger partial charge is 0.265 e. The molecule has 1 aliphatic rings. The van der Waals surface area contributed by atoms with Gasteiger partial charge in [0.15, 0.2) is 0 Å².